The van der Waals surface area contributed by atoms with Crippen molar-refractivity contribution < 1.29 is 14.4 Å². The Morgan fingerprint density at radius 3 is 2.48 bits per heavy atom. The molecule has 1 fully saturated rings. The number of nitrogens with one attached hydrogen (secondary N) is 2. The largest absolute Gasteiger partial charge is 0.355 e. The highest BCUT2D eigenvalue weighted by molar-refractivity contribution is 6.03. The van der Waals surface area contributed by atoms with Gasteiger partial charge < -0.3 is 15.5 Å². The fourth-order valence-electron chi connectivity index (χ4n) is 2.35. The van der Waals surface area contributed by atoms with E-state index in [9.17, 15) is 14.4 Å². The van der Waals surface area contributed by atoms with Gasteiger partial charge in [-0.15, -0.1) is 0 Å². The van der Waals surface area contributed by atoms with E-state index in [-0.39, 0.29) is 30.1 Å². The van der Waals surface area contributed by atoms with Crippen LogP contribution >= 0.6 is 0 Å². The van der Waals surface area contributed by atoms with Gasteiger partial charge in [0.25, 0.3) is 5.91 Å². The predicted molar refractivity (Wildman–Crippen MR) is 88.0 cm³/mol. The van der Waals surface area contributed by atoms with E-state index >= 15 is 0 Å². The quantitative estimate of drug-likeness (QED) is 0.834. The van der Waals surface area contributed by atoms with E-state index in [1.54, 1.807) is 38.4 Å². The molecule has 2 N–H and O–H groups in total. The Hall–Kier alpha value is -2.37. The molecule has 0 radical (unpaired) electrons. The minimum atomic E-state index is -0.229. The second-order valence-electron chi connectivity index (χ2n) is 6.15. The topological polar surface area (TPSA) is 78.5 Å². The van der Waals surface area contributed by atoms with Gasteiger partial charge in [0.05, 0.1) is 11.3 Å². The molecule has 0 bridgehead atoms. The Balaban J connectivity index is 1.85. The normalized spacial score (nSPS) is 18.9. The van der Waals surface area contributed by atoms with E-state index in [2.05, 4.69) is 10.6 Å². The molecule has 0 spiro atoms. The van der Waals surface area contributed by atoms with Crippen molar-refractivity contribution in [2.45, 2.75) is 19.8 Å². The first-order valence-electron chi connectivity index (χ1n) is 7.78. The van der Waals surface area contributed by atoms with Crippen LogP contribution in [0.3, 0.4) is 0 Å². The second kappa shape index (κ2) is 7.26. The summed E-state index contributed by atoms with van der Waals surface area (Å²) < 4.78 is 0. The second-order valence-corrected chi connectivity index (χ2v) is 6.15. The van der Waals surface area contributed by atoms with Crippen LogP contribution in [0.5, 0.6) is 0 Å². The van der Waals surface area contributed by atoms with E-state index in [0.717, 1.165) is 6.42 Å². The van der Waals surface area contributed by atoms with Gasteiger partial charge in [0.15, 0.2) is 0 Å². The summed E-state index contributed by atoms with van der Waals surface area (Å²) in [7, 11) is 3.32. The molecule has 6 nitrogen and oxygen atoms in total. The maximum atomic E-state index is 12.1. The molecule has 0 unspecified atom stereocenters. The van der Waals surface area contributed by atoms with E-state index in [4.69, 9.17) is 0 Å². The van der Waals surface area contributed by atoms with Gasteiger partial charge in [-0.2, -0.15) is 0 Å². The summed E-state index contributed by atoms with van der Waals surface area (Å²) >= 11 is 0. The summed E-state index contributed by atoms with van der Waals surface area (Å²) in [5.41, 5.74) is 0.931. The van der Waals surface area contributed by atoms with Crippen molar-refractivity contribution >= 4 is 23.4 Å². The number of carbonyl (C=O) groups excluding carboxylic acids is 3. The molecule has 2 rings (SSSR count). The molecule has 1 aromatic rings. The van der Waals surface area contributed by atoms with Crippen molar-refractivity contribution in [2.24, 2.45) is 11.8 Å². The first-order chi connectivity index (χ1) is 10.9. The summed E-state index contributed by atoms with van der Waals surface area (Å²) in [4.78, 5) is 37.2. The average Bonchev–Trinajstić information content (AvgIpc) is 3.24. The van der Waals surface area contributed by atoms with Gasteiger partial charge in [0.1, 0.15) is 0 Å². The fraction of sp³-hybridized carbons (Fsp3) is 0.471. The van der Waals surface area contributed by atoms with Gasteiger partial charge in [-0.3, -0.25) is 14.4 Å². The first kappa shape index (κ1) is 17.0. The molecule has 2 atom stereocenters. The highest BCUT2D eigenvalue weighted by Gasteiger charge is 2.38. The van der Waals surface area contributed by atoms with Crippen molar-refractivity contribution in [3.05, 3.63) is 29.8 Å². The maximum Gasteiger partial charge on any atom is 0.255 e. The van der Waals surface area contributed by atoms with Gasteiger partial charge in [-0.25, -0.2) is 0 Å². The van der Waals surface area contributed by atoms with Crippen LogP contribution in [0.15, 0.2) is 24.3 Å². The molecule has 1 aliphatic carbocycles. The maximum absolute atomic E-state index is 12.1. The van der Waals surface area contributed by atoms with E-state index in [1.807, 2.05) is 6.92 Å². The van der Waals surface area contributed by atoms with E-state index in [1.165, 1.54) is 4.90 Å². The van der Waals surface area contributed by atoms with Crippen molar-refractivity contribution in [1.82, 2.24) is 10.2 Å². The average molecular weight is 317 g/mol. The smallest absolute Gasteiger partial charge is 0.255 e. The summed E-state index contributed by atoms with van der Waals surface area (Å²) in [5, 5.41) is 5.51. The van der Waals surface area contributed by atoms with E-state index in [0.29, 0.717) is 23.7 Å². The lowest BCUT2D eigenvalue weighted by atomic mass is 10.1. The third-order valence-corrected chi connectivity index (χ3v) is 3.94. The Morgan fingerprint density at radius 1 is 1.22 bits per heavy atom. The van der Waals surface area contributed by atoms with Gasteiger partial charge in [-0.05, 0) is 24.5 Å². The Labute approximate surface area is 136 Å². The zero-order valence-corrected chi connectivity index (χ0v) is 13.8. The Morgan fingerprint density at radius 2 is 1.87 bits per heavy atom. The first-order valence-corrected chi connectivity index (χ1v) is 7.78. The third-order valence-electron chi connectivity index (χ3n) is 3.94. The Kier molecular flexibility index (Phi) is 5.36. The van der Waals surface area contributed by atoms with Crippen LogP contribution in [0.1, 0.15) is 30.1 Å². The lowest BCUT2D eigenvalue weighted by molar-refractivity contribution is -0.122. The molecule has 1 aromatic carbocycles. The van der Waals surface area contributed by atoms with Crippen LogP contribution in [0.2, 0.25) is 0 Å². The van der Waals surface area contributed by atoms with Crippen LogP contribution in [0.25, 0.3) is 0 Å². The Bertz CT molecular complexity index is 613. The number of nitrogens with zero attached hydrogens (tertiary/aromatic N) is 1. The molecule has 0 saturated heterocycles. The molecule has 3 amide bonds. The zero-order valence-electron chi connectivity index (χ0n) is 13.8. The van der Waals surface area contributed by atoms with Crippen molar-refractivity contribution in [3.8, 4) is 0 Å². The van der Waals surface area contributed by atoms with Crippen LogP contribution in [0, 0.1) is 11.8 Å². The highest BCUT2D eigenvalue weighted by Crippen LogP contribution is 2.37. The van der Waals surface area contributed by atoms with Gasteiger partial charge in [0.2, 0.25) is 11.8 Å². The number of rotatable bonds is 6. The lowest BCUT2D eigenvalue weighted by Gasteiger charge is -2.14. The summed E-state index contributed by atoms with van der Waals surface area (Å²) in [5.74, 6) is 0.183. The third kappa shape index (κ3) is 4.55. The standard InChI is InChI=1S/C17H23N3O3/c1-11-10-13(11)16(22)18-9-8-15(21)19-14-7-5-4-6-12(14)17(23)20(2)3/h4-7,11,13H,8-10H2,1-3H3,(H,18,22)(H,19,21)/t11-,13-/m0/s1. The zero-order chi connectivity index (χ0) is 17.0. The SMILES string of the molecule is C[C@H]1C[C@@H]1C(=O)NCCC(=O)Nc1ccccc1C(=O)N(C)C. The van der Waals surface area contributed by atoms with Crippen molar-refractivity contribution in [3.63, 3.8) is 0 Å². The number of anilines is 1. The summed E-state index contributed by atoms with van der Waals surface area (Å²) in [6, 6.07) is 6.88. The van der Waals surface area contributed by atoms with Crippen LogP contribution in [0.4, 0.5) is 5.69 Å². The molecule has 0 aliphatic heterocycles. The van der Waals surface area contributed by atoms with Gasteiger partial charge in [0, 0.05) is 33.0 Å². The number of hydrogen-bond donors (Lipinski definition) is 2. The van der Waals surface area contributed by atoms with Gasteiger partial charge in [-0.1, -0.05) is 19.1 Å². The molecule has 6 heteroatoms. The minimum Gasteiger partial charge on any atom is -0.355 e. The number of carbonyl (C=O) groups is 3. The summed E-state index contributed by atoms with van der Waals surface area (Å²) in [6.45, 7) is 2.34. The highest BCUT2D eigenvalue weighted by atomic mass is 16.2. The molecule has 124 valence electrons. The van der Waals surface area contributed by atoms with Crippen LogP contribution < -0.4 is 10.6 Å². The monoisotopic (exact) mass is 317 g/mol. The molecular weight excluding hydrogens is 294 g/mol. The number of para-hydroxylation sites is 1. The predicted octanol–water partition coefficient (Wildman–Crippen LogP) is 1.49. The fourth-order valence-corrected chi connectivity index (χ4v) is 2.35. The molecule has 1 aliphatic rings. The molecule has 0 heterocycles. The van der Waals surface area contributed by atoms with Crippen molar-refractivity contribution in [1.29, 1.82) is 0 Å². The number of amides is 3. The number of benzene rings is 1. The molecule has 23 heavy (non-hydrogen) atoms. The van der Waals surface area contributed by atoms with E-state index < -0.39 is 0 Å². The molecule has 1 saturated carbocycles. The van der Waals surface area contributed by atoms with Crippen LogP contribution in [-0.2, 0) is 9.59 Å². The number of hydrogen-bond acceptors (Lipinski definition) is 3. The van der Waals surface area contributed by atoms with Gasteiger partial charge >= 0.3 is 0 Å². The molecular formula is C17H23N3O3. The lowest BCUT2D eigenvalue weighted by Crippen LogP contribution is -2.29. The summed E-state index contributed by atoms with van der Waals surface area (Å²) in [6.07, 6.45) is 1.11. The van der Waals surface area contributed by atoms with Crippen molar-refractivity contribution in [2.75, 3.05) is 26.0 Å². The molecule has 0 aromatic heterocycles. The minimum absolute atomic E-state index is 0.0217. The van der Waals surface area contributed by atoms with Crippen LogP contribution in [-0.4, -0.2) is 43.3 Å².